The molecule has 7 heteroatoms. The van der Waals surface area contributed by atoms with Crippen LogP contribution < -0.4 is 10.6 Å². The first kappa shape index (κ1) is 34.6. The van der Waals surface area contributed by atoms with E-state index in [4.69, 9.17) is 4.74 Å². The summed E-state index contributed by atoms with van der Waals surface area (Å²) < 4.78 is 5.52. The van der Waals surface area contributed by atoms with Gasteiger partial charge in [-0.05, 0) is 86.6 Å². The summed E-state index contributed by atoms with van der Waals surface area (Å²) in [5.41, 5.74) is 2.70. The van der Waals surface area contributed by atoms with E-state index in [0.29, 0.717) is 12.2 Å². The van der Waals surface area contributed by atoms with E-state index < -0.39 is 23.8 Å². The third-order valence-corrected chi connectivity index (χ3v) is 7.91. The van der Waals surface area contributed by atoms with E-state index in [0.717, 1.165) is 59.6 Å². The van der Waals surface area contributed by atoms with Crippen LogP contribution in [0.1, 0.15) is 96.4 Å². The Labute approximate surface area is 263 Å². The molecule has 3 amide bonds. The number of alkyl carbamates (subject to hydrolysis) is 1. The number of anilines is 1. The number of nitrogens with zero attached hydrogens (tertiary/aromatic N) is 1. The summed E-state index contributed by atoms with van der Waals surface area (Å²) in [6, 6.07) is 17.9. The van der Waals surface area contributed by atoms with Crippen molar-refractivity contribution < 1.29 is 19.1 Å². The number of fused-ring (bicyclic) bond motifs is 1. The molecule has 0 saturated heterocycles. The molecule has 3 aromatic rings. The summed E-state index contributed by atoms with van der Waals surface area (Å²) in [5.74, 6) is -0.836. The molecular weight excluding hydrogens is 550 g/mol. The Balaban J connectivity index is 2.06. The van der Waals surface area contributed by atoms with E-state index in [1.165, 1.54) is 0 Å². The van der Waals surface area contributed by atoms with E-state index in [9.17, 15) is 14.4 Å². The maximum atomic E-state index is 14.5. The van der Waals surface area contributed by atoms with Gasteiger partial charge in [0.25, 0.3) is 5.91 Å². The van der Waals surface area contributed by atoms with Crippen LogP contribution in [0, 0.1) is 19.8 Å². The molecule has 2 unspecified atom stereocenters. The Bertz CT molecular complexity index is 1430. The van der Waals surface area contributed by atoms with Gasteiger partial charge >= 0.3 is 6.09 Å². The van der Waals surface area contributed by atoms with Crippen molar-refractivity contribution in [3.63, 3.8) is 0 Å². The normalized spacial score (nSPS) is 12.9. The maximum Gasteiger partial charge on any atom is 0.408 e. The van der Waals surface area contributed by atoms with Crippen LogP contribution in [0.2, 0.25) is 0 Å². The number of ether oxygens (including phenoxy) is 1. The van der Waals surface area contributed by atoms with Crippen LogP contribution in [0.3, 0.4) is 0 Å². The minimum atomic E-state index is -0.901. The fourth-order valence-electron chi connectivity index (χ4n) is 5.38. The number of nitrogens with one attached hydrogen (secondary N) is 2. The Kier molecular flexibility index (Phi) is 12.4. The van der Waals surface area contributed by atoms with Gasteiger partial charge in [-0.25, -0.2) is 4.79 Å². The van der Waals surface area contributed by atoms with Gasteiger partial charge in [-0.1, -0.05) is 95.0 Å². The van der Waals surface area contributed by atoms with E-state index in [1.807, 2.05) is 88.4 Å². The zero-order chi connectivity index (χ0) is 32.4. The molecule has 0 fully saturated rings. The van der Waals surface area contributed by atoms with Gasteiger partial charge in [0, 0.05) is 12.2 Å². The van der Waals surface area contributed by atoms with Crippen LogP contribution in [-0.4, -0.2) is 41.0 Å². The smallest absolute Gasteiger partial charge is 0.408 e. The Morgan fingerprint density at radius 3 is 2.20 bits per heavy atom. The molecule has 3 aromatic carbocycles. The molecule has 0 heterocycles. The van der Waals surface area contributed by atoms with Crippen LogP contribution in [-0.2, 0) is 14.3 Å². The SMILES string of the molecule is CCCCCCCN(C(=O)C(NC(=O)OC(C)(C)C)C(C)C)C(C(=O)Nc1ccc2ccccc2c1)c1cccc(C)c1C. The van der Waals surface area contributed by atoms with Crippen LogP contribution >= 0.6 is 0 Å². The second-order valence-electron chi connectivity index (χ2n) is 13.1. The van der Waals surface area contributed by atoms with E-state index >= 15 is 0 Å². The van der Waals surface area contributed by atoms with Crippen molar-refractivity contribution in [3.8, 4) is 0 Å². The fraction of sp³-hybridized carbons (Fsp3) is 0.486. The molecule has 2 N–H and O–H groups in total. The summed E-state index contributed by atoms with van der Waals surface area (Å²) >= 11 is 0. The molecule has 238 valence electrons. The first-order chi connectivity index (χ1) is 20.8. The lowest BCUT2D eigenvalue weighted by molar-refractivity contribution is -0.141. The number of aryl methyl sites for hydroxylation is 1. The van der Waals surface area contributed by atoms with Gasteiger partial charge in [0.2, 0.25) is 5.91 Å². The van der Waals surface area contributed by atoms with Crippen LogP contribution in [0.25, 0.3) is 10.8 Å². The van der Waals surface area contributed by atoms with Crippen LogP contribution in [0.15, 0.2) is 60.7 Å². The highest BCUT2D eigenvalue weighted by Crippen LogP contribution is 2.30. The first-order valence-electron chi connectivity index (χ1n) is 16.0. The largest absolute Gasteiger partial charge is 0.444 e. The Morgan fingerprint density at radius 2 is 1.55 bits per heavy atom. The monoisotopic (exact) mass is 601 g/mol. The zero-order valence-corrected chi connectivity index (χ0v) is 27.8. The predicted octanol–water partition coefficient (Wildman–Crippen LogP) is 8.48. The number of rotatable bonds is 13. The van der Waals surface area contributed by atoms with E-state index in [2.05, 4.69) is 17.6 Å². The van der Waals surface area contributed by atoms with Gasteiger partial charge in [-0.2, -0.15) is 0 Å². The molecule has 2 atom stereocenters. The number of amides is 3. The molecule has 7 nitrogen and oxygen atoms in total. The second-order valence-corrected chi connectivity index (χ2v) is 13.1. The summed E-state index contributed by atoms with van der Waals surface area (Å²) in [6.07, 6.45) is 4.31. The van der Waals surface area contributed by atoms with Gasteiger partial charge in [0.15, 0.2) is 0 Å². The lowest BCUT2D eigenvalue weighted by Gasteiger charge is -2.36. The number of carbonyl (C=O) groups is 3. The second kappa shape index (κ2) is 15.7. The van der Waals surface area contributed by atoms with Gasteiger partial charge in [0.05, 0.1) is 0 Å². The summed E-state index contributed by atoms with van der Waals surface area (Å²) in [7, 11) is 0. The standard InChI is InChI=1S/C37H51N3O4/c1-9-10-11-12-15-23-40(35(42)32(25(2)3)39-36(43)44-37(6,7)8)33(31-20-16-17-26(4)27(31)5)34(41)38-30-22-21-28-18-13-14-19-29(28)24-30/h13-14,16-22,24-25,32-33H,9-12,15,23H2,1-8H3,(H,38,41)(H,39,43). The zero-order valence-electron chi connectivity index (χ0n) is 27.8. The molecule has 0 saturated carbocycles. The third kappa shape index (κ3) is 9.57. The minimum absolute atomic E-state index is 0.236. The van der Waals surface area contributed by atoms with Crippen molar-refractivity contribution in [1.82, 2.24) is 10.2 Å². The fourth-order valence-corrected chi connectivity index (χ4v) is 5.38. The molecule has 3 rings (SSSR count). The van der Waals surface area contributed by atoms with E-state index in [1.54, 1.807) is 25.7 Å². The lowest BCUT2D eigenvalue weighted by atomic mass is 9.93. The summed E-state index contributed by atoms with van der Waals surface area (Å²) in [5, 5.41) is 8.03. The van der Waals surface area contributed by atoms with Crippen LogP contribution in [0.4, 0.5) is 10.5 Å². The average molecular weight is 602 g/mol. The number of hydrogen-bond acceptors (Lipinski definition) is 4. The molecule has 0 aliphatic heterocycles. The quantitative estimate of drug-likeness (QED) is 0.192. The Morgan fingerprint density at radius 1 is 0.864 bits per heavy atom. The van der Waals surface area contributed by atoms with Crippen molar-refractivity contribution in [1.29, 1.82) is 0 Å². The highest BCUT2D eigenvalue weighted by atomic mass is 16.6. The summed E-state index contributed by atoms with van der Waals surface area (Å²) in [4.78, 5) is 43.4. The van der Waals surface area contributed by atoms with Gasteiger partial charge < -0.3 is 20.3 Å². The molecule has 44 heavy (non-hydrogen) atoms. The minimum Gasteiger partial charge on any atom is -0.444 e. The van der Waals surface area contributed by atoms with Crippen molar-refractivity contribution in [2.45, 2.75) is 105 Å². The molecule has 0 spiro atoms. The van der Waals surface area contributed by atoms with Gasteiger partial charge in [0.1, 0.15) is 17.7 Å². The van der Waals surface area contributed by atoms with Crippen molar-refractivity contribution >= 4 is 34.4 Å². The maximum absolute atomic E-state index is 14.5. The number of hydrogen-bond donors (Lipinski definition) is 2. The highest BCUT2D eigenvalue weighted by molar-refractivity contribution is 6.00. The first-order valence-corrected chi connectivity index (χ1v) is 16.0. The number of unbranched alkanes of at least 4 members (excludes halogenated alkanes) is 4. The van der Waals surface area contributed by atoms with Gasteiger partial charge in [-0.3, -0.25) is 9.59 Å². The predicted molar refractivity (Wildman–Crippen MR) is 180 cm³/mol. The van der Waals surface area contributed by atoms with Crippen LogP contribution in [0.5, 0.6) is 0 Å². The van der Waals surface area contributed by atoms with Crippen molar-refractivity contribution in [2.24, 2.45) is 5.92 Å². The van der Waals surface area contributed by atoms with E-state index in [-0.39, 0.29) is 17.7 Å². The Hall–Kier alpha value is -3.87. The number of carbonyl (C=O) groups excluding carboxylic acids is 3. The van der Waals surface area contributed by atoms with Crippen molar-refractivity contribution in [2.75, 3.05) is 11.9 Å². The molecule has 0 aliphatic carbocycles. The molecule has 0 radical (unpaired) electrons. The molecular formula is C37H51N3O4. The molecule has 0 aliphatic rings. The average Bonchev–Trinajstić information content (AvgIpc) is 2.95. The number of benzene rings is 3. The highest BCUT2D eigenvalue weighted by Gasteiger charge is 2.38. The third-order valence-electron chi connectivity index (χ3n) is 7.91. The van der Waals surface area contributed by atoms with Crippen molar-refractivity contribution in [3.05, 3.63) is 77.4 Å². The van der Waals surface area contributed by atoms with Gasteiger partial charge in [-0.15, -0.1) is 0 Å². The molecule has 0 bridgehead atoms. The molecule has 0 aromatic heterocycles. The summed E-state index contributed by atoms with van der Waals surface area (Å²) in [6.45, 7) is 15.7. The topological polar surface area (TPSA) is 87.7 Å². The lowest BCUT2D eigenvalue weighted by Crippen LogP contribution is -2.54.